The first-order valence-electron chi connectivity index (χ1n) is 6.53. The average molecular weight is 291 g/mol. The number of nitrogens with zero attached hydrogens (tertiary/aromatic N) is 5. The van der Waals surface area contributed by atoms with Crippen molar-refractivity contribution in [3.05, 3.63) is 28.2 Å². The highest BCUT2D eigenvalue weighted by Gasteiger charge is 2.18. The number of anilines is 3. The van der Waals surface area contributed by atoms with Crippen LogP contribution in [0.4, 0.5) is 23.1 Å². The van der Waals surface area contributed by atoms with E-state index in [1.807, 2.05) is 13.8 Å². The van der Waals surface area contributed by atoms with Crippen LogP contribution in [-0.2, 0) is 7.05 Å². The SMILES string of the molecule is CCCNc1ncc([N+](=O)[O-])c(Nc2cn(C)nc2C)n1. The molecule has 0 saturated heterocycles. The molecule has 9 nitrogen and oxygen atoms in total. The first kappa shape index (κ1) is 14.7. The highest BCUT2D eigenvalue weighted by molar-refractivity contribution is 5.66. The molecule has 2 N–H and O–H groups in total. The topological polar surface area (TPSA) is 111 Å². The Balaban J connectivity index is 2.34. The standard InChI is InChI=1S/C12H17N7O2/c1-4-5-13-12-14-6-10(19(20)21)11(16-12)15-9-7-18(3)17-8(9)2/h6-7H,4-5H2,1-3H3,(H2,13,14,15,16). The fraction of sp³-hybridized carbons (Fsp3) is 0.417. The summed E-state index contributed by atoms with van der Waals surface area (Å²) in [6.07, 6.45) is 3.84. The summed E-state index contributed by atoms with van der Waals surface area (Å²) in [5, 5.41) is 21.2. The molecule has 0 radical (unpaired) electrons. The minimum atomic E-state index is -0.516. The molecular formula is C12H17N7O2. The highest BCUT2D eigenvalue weighted by Crippen LogP contribution is 2.26. The van der Waals surface area contributed by atoms with Crippen molar-refractivity contribution in [3.8, 4) is 0 Å². The van der Waals surface area contributed by atoms with Crippen molar-refractivity contribution < 1.29 is 4.92 Å². The predicted molar refractivity (Wildman–Crippen MR) is 78.7 cm³/mol. The number of rotatable bonds is 6. The normalized spacial score (nSPS) is 10.4. The van der Waals surface area contributed by atoms with E-state index in [2.05, 4.69) is 25.7 Å². The van der Waals surface area contributed by atoms with Crippen molar-refractivity contribution >= 4 is 23.1 Å². The second-order valence-electron chi connectivity index (χ2n) is 4.54. The maximum atomic E-state index is 11.1. The van der Waals surface area contributed by atoms with Gasteiger partial charge in [-0.3, -0.25) is 14.8 Å². The van der Waals surface area contributed by atoms with Gasteiger partial charge in [-0.05, 0) is 13.3 Å². The van der Waals surface area contributed by atoms with Crippen LogP contribution < -0.4 is 10.6 Å². The molecule has 0 aliphatic rings. The van der Waals surface area contributed by atoms with Crippen LogP contribution in [0, 0.1) is 17.0 Å². The lowest BCUT2D eigenvalue weighted by Gasteiger charge is -2.07. The Morgan fingerprint density at radius 2 is 2.24 bits per heavy atom. The molecule has 0 fully saturated rings. The number of aryl methyl sites for hydroxylation is 2. The first-order chi connectivity index (χ1) is 10.0. The molecule has 0 atom stereocenters. The van der Waals surface area contributed by atoms with Gasteiger partial charge in [0.25, 0.3) is 0 Å². The van der Waals surface area contributed by atoms with Gasteiger partial charge in [-0.15, -0.1) is 0 Å². The third-order valence-electron chi connectivity index (χ3n) is 2.77. The summed E-state index contributed by atoms with van der Waals surface area (Å²) in [6.45, 7) is 4.52. The molecule has 0 spiro atoms. The van der Waals surface area contributed by atoms with Crippen LogP contribution >= 0.6 is 0 Å². The summed E-state index contributed by atoms with van der Waals surface area (Å²) in [4.78, 5) is 18.7. The summed E-state index contributed by atoms with van der Waals surface area (Å²) >= 11 is 0. The monoisotopic (exact) mass is 291 g/mol. The van der Waals surface area contributed by atoms with Crippen molar-refractivity contribution in [2.24, 2.45) is 7.05 Å². The van der Waals surface area contributed by atoms with Gasteiger partial charge < -0.3 is 10.6 Å². The third-order valence-corrected chi connectivity index (χ3v) is 2.77. The maximum absolute atomic E-state index is 11.1. The Morgan fingerprint density at radius 1 is 1.48 bits per heavy atom. The minimum absolute atomic E-state index is 0.143. The molecule has 112 valence electrons. The van der Waals surface area contributed by atoms with E-state index < -0.39 is 4.92 Å². The fourth-order valence-electron chi connectivity index (χ4n) is 1.77. The second-order valence-corrected chi connectivity index (χ2v) is 4.54. The van der Waals surface area contributed by atoms with Gasteiger partial charge in [-0.25, -0.2) is 4.98 Å². The van der Waals surface area contributed by atoms with E-state index in [0.29, 0.717) is 18.2 Å². The van der Waals surface area contributed by atoms with E-state index in [4.69, 9.17) is 0 Å². The van der Waals surface area contributed by atoms with Crippen LogP contribution in [0.2, 0.25) is 0 Å². The Labute approximate surface area is 121 Å². The predicted octanol–water partition coefficient (Wildman–Crippen LogP) is 1.99. The van der Waals surface area contributed by atoms with Gasteiger partial charge in [0.05, 0.1) is 16.3 Å². The lowest BCUT2D eigenvalue weighted by Crippen LogP contribution is -2.08. The highest BCUT2D eigenvalue weighted by atomic mass is 16.6. The molecule has 9 heteroatoms. The number of aromatic nitrogens is 4. The molecule has 2 rings (SSSR count). The summed E-state index contributed by atoms with van der Waals surface area (Å²) < 4.78 is 1.63. The molecule has 0 unspecified atom stereocenters. The number of hydrogen-bond donors (Lipinski definition) is 2. The lowest BCUT2D eigenvalue weighted by atomic mass is 10.4. The Kier molecular flexibility index (Phi) is 4.31. The molecule has 21 heavy (non-hydrogen) atoms. The first-order valence-corrected chi connectivity index (χ1v) is 6.53. The zero-order valence-corrected chi connectivity index (χ0v) is 12.1. The van der Waals surface area contributed by atoms with Crippen LogP contribution in [0.1, 0.15) is 19.0 Å². The van der Waals surface area contributed by atoms with Crippen molar-refractivity contribution in [1.82, 2.24) is 19.7 Å². The van der Waals surface area contributed by atoms with Crippen molar-refractivity contribution in [2.45, 2.75) is 20.3 Å². The quantitative estimate of drug-likeness (QED) is 0.618. The Hall–Kier alpha value is -2.71. The van der Waals surface area contributed by atoms with Gasteiger partial charge in [0.2, 0.25) is 11.8 Å². The summed E-state index contributed by atoms with van der Waals surface area (Å²) in [5.41, 5.74) is 1.22. The Bertz CT molecular complexity index is 653. The molecule has 2 aromatic heterocycles. The maximum Gasteiger partial charge on any atom is 0.329 e. The largest absolute Gasteiger partial charge is 0.354 e. The molecule has 2 heterocycles. The molecule has 0 saturated carbocycles. The van der Waals surface area contributed by atoms with Crippen molar-refractivity contribution in [2.75, 3.05) is 17.2 Å². The summed E-state index contributed by atoms with van der Waals surface area (Å²) in [7, 11) is 1.78. The summed E-state index contributed by atoms with van der Waals surface area (Å²) in [5.74, 6) is 0.496. The fourth-order valence-corrected chi connectivity index (χ4v) is 1.77. The lowest BCUT2D eigenvalue weighted by molar-refractivity contribution is -0.384. The molecule has 0 aromatic carbocycles. The van der Waals surface area contributed by atoms with E-state index in [1.54, 1.807) is 17.9 Å². The van der Waals surface area contributed by atoms with Gasteiger partial charge in [-0.2, -0.15) is 10.1 Å². The van der Waals surface area contributed by atoms with Gasteiger partial charge in [0.15, 0.2) is 0 Å². The zero-order valence-electron chi connectivity index (χ0n) is 12.1. The van der Waals surface area contributed by atoms with E-state index in [-0.39, 0.29) is 11.5 Å². The Morgan fingerprint density at radius 3 is 2.81 bits per heavy atom. The van der Waals surface area contributed by atoms with Crippen molar-refractivity contribution in [3.63, 3.8) is 0 Å². The number of nitro groups is 1. The van der Waals surface area contributed by atoms with E-state index in [1.165, 1.54) is 6.20 Å². The van der Waals surface area contributed by atoms with Gasteiger partial charge >= 0.3 is 5.69 Å². The van der Waals surface area contributed by atoms with Crippen LogP contribution in [-0.4, -0.2) is 31.2 Å². The van der Waals surface area contributed by atoms with Crippen LogP contribution in [0.15, 0.2) is 12.4 Å². The molecule has 0 bridgehead atoms. The average Bonchev–Trinajstić information content (AvgIpc) is 2.74. The minimum Gasteiger partial charge on any atom is -0.354 e. The van der Waals surface area contributed by atoms with Crippen molar-refractivity contribution in [1.29, 1.82) is 0 Å². The molecule has 0 aliphatic carbocycles. The van der Waals surface area contributed by atoms with Crippen LogP contribution in [0.25, 0.3) is 0 Å². The van der Waals surface area contributed by atoms with Gasteiger partial charge in [0, 0.05) is 19.8 Å². The van der Waals surface area contributed by atoms with Gasteiger partial charge in [-0.1, -0.05) is 6.92 Å². The summed E-state index contributed by atoms with van der Waals surface area (Å²) in [6, 6.07) is 0. The molecule has 0 aliphatic heterocycles. The number of nitrogens with one attached hydrogen (secondary N) is 2. The van der Waals surface area contributed by atoms with E-state index >= 15 is 0 Å². The molecule has 0 amide bonds. The van der Waals surface area contributed by atoms with E-state index in [0.717, 1.165) is 12.1 Å². The van der Waals surface area contributed by atoms with Crippen LogP contribution in [0.5, 0.6) is 0 Å². The van der Waals surface area contributed by atoms with E-state index in [9.17, 15) is 10.1 Å². The third kappa shape index (κ3) is 3.44. The van der Waals surface area contributed by atoms with Crippen LogP contribution in [0.3, 0.4) is 0 Å². The number of hydrogen-bond acceptors (Lipinski definition) is 7. The molecular weight excluding hydrogens is 274 g/mol. The zero-order chi connectivity index (χ0) is 15.4. The molecule has 2 aromatic rings. The second kappa shape index (κ2) is 6.16. The smallest absolute Gasteiger partial charge is 0.329 e. The van der Waals surface area contributed by atoms with Gasteiger partial charge in [0.1, 0.15) is 6.20 Å².